The third-order valence-corrected chi connectivity index (χ3v) is 5.56. The van der Waals surface area contributed by atoms with Crippen molar-refractivity contribution in [1.29, 1.82) is 0 Å². The molecule has 24 heavy (non-hydrogen) atoms. The molecule has 7 heteroatoms. The van der Waals surface area contributed by atoms with E-state index in [1.807, 2.05) is 7.05 Å². The molecule has 2 rings (SSSR count). The first-order chi connectivity index (χ1) is 11.5. The topological polar surface area (TPSA) is 69.6 Å². The van der Waals surface area contributed by atoms with Crippen molar-refractivity contribution in [3.8, 4) is 0 Å². The average Bonchev–Trinajstić information content (AvgIpc) is 3.06. The maximum atomic E-state index is 11.5. The van der Waals surface area contributed by atoms with Crippen LogP contribution in [-0.4, -0.2) is 48.9 Å². The first-order valence-corrected chi connectivity index (χ1v) is 9.52. The number of carbonyl (C=O) groups excluding carboxylic acids is 1. The fourth-order valence-corrected chi connectivity index (χ4v) is 3.72. The second-order valence-electron chi connectivity index (χ2n) is 6.54. The minimum atomic E-state index is 0.139. The average molecular weight is 352 g/mol. The molecule has 0 spiro atoms. The number of nitrogens with one attached hydrogen (secondary N) is 2. The normalized spacial score (nSPS) is 16.5. The second kappa shape index (κ2) is 9.01. The molecule has 1 fully saturated rings. The molecule has 1 aromatic heterocycles. The van der Waals surface area contributed by atoms with E-state index in [1.165, 1.54) is 5.01 Å². The van der Waals surface area contributed by atoms with E-state index in [4.69, 9.17) is 0 Å². The lowest BCUT2D eigenvalue weighted by atomic mass is 9.93. The van der Waals surface area contributed by atoms with E-state index in [0.29, 0.717) is 24.8 Å². The van der Waals surface area contributed by atoms with Gasteiger partial charge >= 0.3 is 0 Å². The van der Waals surface area contributed by atoms with Crippen molar-refractivity contribution in [1.82, 2.24) is 20.5 Å². The largest absolute Gasteiger partial charge is 0.359 e. The molecule has 0 bridgehead atoms. The zero-order valence-corrected chi connectivity index (χ0v) is 15.9. The maximum absolute atomic E-state index is 11.5. The first-order valence-electron chi connectivity index (χ1n) is 8.64. The molecule has 0 atom stereocenters. The van der Waals surface area contributed by atoms with E-state index < -0.39 is 0 Å². The third kappa shape index (κ3) is 5.19. The van der Waals surface area contributed by atoms with Crippen LogP contribution in [-0.2, 0) is 11.3 Å². The van der Waals surface area contributed by atoms with Crippen LogP contribution in [0.1, 0.15) is 49.7 Å². The summed E-state index contributed by atoms with van der Waals surface area (Å²) in [6.45, 7) is 6.91. The van der Waals surface area contributed by atoms with Crippen LogP contribution in [0.5, 0.6) is 0 Å². The second-order valence-corrected chi connectivity index (χ2v) is 7.43. The Morgan fingerprint density at radius 3 is 2.71 bits per heavy atom. The highest BCUT2D eigenvalue weighted by molar-refractivity contribution is 7.09. The van der Waals surface area contributed by atoms with Crippen LogP contribution >= 0.6 is 11.3 Å². The lowest BCUT2D eigenvalue weighted by molar-refractivity contribution is -0.121. The van der Waals surface area contributed by atoms with Gasteiger partial charge in [0.05, 0.1) is 17.2 Å². The minimum Gasteiger partial charge on any atom is -0.359 e. The molecule has 1 amide bonds. The van der Waals surface area contributed by atoms with Crippen LogP contribution in [0.25, 0.3) is 0 Å². The first kappa shape index (κ1) is 18.7. The summed E-state index contributed by atoms with van der Waals surface area (Å²) >= 11 is 1.72. The van der Waals surface area contributed by atoms with Gasteiger partial charge in [-0.25, -0.2) is 4.98 Å². The summed E-state index contributed by atoms with van der Waals surface area (Å²) in [6, 6.07) is 0. The summed E-state index contributed by atoms with van der Waals surface area (Å²) in [5, 5.41) is 9.42. The molecule has 1 aliphatic heterocycles. The van der Waals surface area contributed by atoms with Gasteiger partial charge in [0.15, 0.2) is 5.96 Å². The van der Waals surface area contributed by atoms with Crippen LogP contribution in [0.3, 0.4) is 0 Å². The highest BCUT2D eigenvalue weighted by atomic mass is 32.1. The SMILES string of the molecule is CN=C(NCc1csc(C(C)C)n1)N1CCC(CC(=O)NC)CC1. The summed E-state index contributed by atoms with van der Waals surface area (Å²) in [5.41, 5.74) is 1.07. The number of piperidine rings is 1. The minimum absolute atomic E-state index is 0.139. The van der Waals surface area contributed by atoms with Crippen LogP contribution in [0.2, 0.25) is 0 Å². The van der Waals surface area contributed by atoms with Crippen molar-refractivity contribution in [2.24, 2.45) is 10.9 Å². The summed E-state index contributed by atoms with van der Waals surface area (Å²) < 4.78 is 0. The number of carbonyl (C=O) groups is 1. The molecule has 0 unspecified atom stereocenters. The number of guanidine groups is 1. The Labute approximate surface area is 148 Å². The monoisotopic (exact) mass is 351 g/mol. The van der Waals surface area contributed by atoms with Gasteiger partial charge in [-0.1, -0.05) is 13.8 Å². The smallest absolute Gasteiger partial charge is 0.220 e. The molecule has 0 aromatic carbocycles. The summed E-state index contributed by atoms with van der Waals surface area (Å²) in [5.74, 6) is 2.02. The van der Waals surface area contributed by atoms with Gasteiger partial charge in [-0.2, -0.15) is 0 Å². The Morgan fingerprint density at radius 1 is 1.46 bits per heavy atom. The number of rotatable bonds is 5. The van der Waals surface area contributed by atoms with E-state index in [2.05, 4.69) is 44.7 Å². The molecule has 1 aliphatic rings. The van der Waals surface area contributed by atoms with Crippen molar-refractivity contribution >= 4 is 23.2 Å². The highest BCUT2D eigenvalue weighted by Gasteiger charge is 2.23. The van der Waals surface area contributed by atoms with Gasteiger partial charge in [0, 0.05) is 44.9 Å². The van der Waals surface area contributed by atoms with E-state index in [0.717, 1.165) is 37.6 Å². The van der Waals surface area contributed by atoms with Crippen LogP contribution in [0.15, 0.2) is 10.4 Å². The van der Waals surface area contributed by atoms with Gasteiger partial charge < -0.3 is 15.5 Å². The van der Waals surface area contributed by atoms with E-state index in [-0.39, 0.29) is 5.91 Å². The molecule has 134 valence electrons. The zero-order chi connectivity index (χ0) is 17.5. The van der Waals surface area contributed by atoms with Crippen molar-refractivity contribution in [3.05, 3.63) is 16.1 Å². The number of likely N-dealkylation sites (tertiary alicyclic amines) is 1. The molecule has 1 aromatic rings. The Morgan fingerprint density at radius 2 is 2.17 bits per heavy atom. The summed E-state index contributed by atoms with van der Waals surface area (Å²) in [7, 11) is 3.52. The van der Waals surface area contributed by atoms with Gasteiger partial charge in [0.2, 0.25) is 5.91 Å². The molecular formula is C17H29N5OS. The van der Waals surface area contributed by atoms with Crippen LogP contribution in [0.4, 0.5) is 0 Å². The third-order valence-electron chi connectivity index (χ3n) is 4.37. The fraction of sp³-hybridized carbons (Fsp3) is 0.706. The van der Waals surface area contributed by atoms with E-state index in [9.17, 15) is 4.79 Å². The summed E-state index contributed by atoms with van der Waals surface area (Å²) in [4.78, 5) is 22.8. The molecule has 6 nitrogen and oxygen atoms in total. The lowest BCUT2D eigenvalue weighted by Crippen LogP contribution is -2.45. The Balaban J connectivity index is 1.81. The Hall–Kier alpha value is -1.63. The predicted octanol–water partition coefficient (Wildman–Crippen LogP) is 2.19. The van der Waals surface area contributed by atoms with Crippen molar-refractivity contribution in [2.75, 3.05) is 27.2 Å². The lowest BCUT2D eigenvalue weighted by Gasteiger charge is -2.34. The zero-order valence-electron chi connectivity index (χ0n) is 15.1. The van der Waals surface area contributed by atoms with Gasteiger partial charge in [-0.05, 0) is 18.8 Å². The molecule has 1 saturated heterocycles. The van der Waals surface area contributed by atoms with Crippen molar-refractivity contribution in [2.45, 2.75) is 45.6 Å². The molecule has 0 aliphatic carbocycles. The number of aliphatic imine (C=N–C) groups is 1. The van der Waals surface area contributed by atoms with Gasteiger partial charge in [-0.15, -0.1) is 11.3 Å². The molecule has 2 heterocycles. The van der Waals surface area contributed by atoms with Crippen molar-refractivity contribution in [3.63, 3.8) is 0 Å². The summed E-state index contributed by atoms with van der Waals surface area (Å²) in [6.07, 6.45) is 2.69. The Bertz CT molecular complexity index is 561. The number of amides is 1. The number of hydrogen-bond donors (Lipinski definition) is 2. The van der Waals surface area contributed by atoms with Gasteiger partial charge in [0.1, 0.15) is 0 Å². The van der Waals surface area contributed by atoms with Crippen LogP contribution < -0.4 is 10.6 Å². The molecule has 0 radical (unpaired) electrons. The maximum Gasteiger partial charge on any atom is 0.220 e. The standard InChI is InChI=1S/C17H29N5OS/c1-12(2)16-21-14(11-24-16)10-20-17(19-4)22-7-5-13(6-8-22)9-15(23)18-3/h11-13H,5-10H2,1-4H3,(H,18,23)(H,19,20). The predicted molar refractivity (Wildman–Crippen MR) is 99.4 cm³/mol. The number of nitrogens with zero attached hydrogens (tertiary/aromatic N) is 3. The molecular weight excluding hydrogens is 322 g/mol. The van der Waals surface area contributed by atoms with Crippen molar-refractivity contribution < 1.29 is 4.79 Å². The van der Waals surface area contributed by atoms with Gasteiger partial charge in [0.25, 0.3) is 0 Å². The molecule has 2 N–H and O–H groups in total. The molecule has 0 saturated carbocycles. The van der Waals surface area contributed by atoms with Crippen LogP contribution in [0, 0.1) is 5.92 Å². The number of hydrogen-bond acceptors (Lipinski definition) is 4. The number of thiazole rings is 1. The Kier molecular flexibility index (Phi) is 7.02. The van der Waals surface area contributed by atoms with Gasteiger partial charge in [-0.3, -0.25) is 9.79 Å². The van der Waals surface area contributed by atoms with E-state index >= 15 is 0 Å². The fourth-order valence-electron chi connectivity index (χ4n) is 2.88. The highest BCUT2D eigenvalue weighted by Crippen LogP contribution is 2.21. The number of aromatic nitrogens is 1. The van der Waals surface area contributed by atoms with E-state index in [1.54, 1.807) is 18.4 Å². The quantitative estimate of drug-likeness (QED) is 0.630.